The minimum absolute atomic E-state index is 0.0400. The molecule has 0 bridgehead atoms. The van der Waals surface area contributed by atoms with Crippen molar-refractivity contribution in [1.82, 2.24) is 15.5 Å². The molecule has 1 aromatic rings. The number of amides is 1. The van der Waals surface area contributed by atoms with E-state index >= 15 is 0 Å². The Morgan fingerprint density at radius 1 is 0.917 bits per heavy atom. The quantitative estimate of drug-likeness (QED) is 0.326. The summed E-state index contributed by atoms with van der Waals surface area (Å²) in [7, 11) is 3.01. The summed E-state index contributed by atoms with van der Waals surface area (Å²) in [5.74, 6) is -1.08. The number of alkyl halides is 9. The number of carbonyl (C=O) groups is 1. The van der Waals surface area contributed by atoms with Crippen molar-refractivity contribution in [3.05, 3.63) is 34.9 Å². The van der Waals surface area contributed by atoms with Crippen LogP contribution in [0.15, 0.2) is 18.2 Å². The van der Waals surface area contributed by atoms with Crippen LogP contribution in [0.4, 0.5) is 39.5 Å². The van der Waals surface area contributed by atoms with Gasteiger partial charge in [0.1, 0.15) is 0 Å². The van der Waals surface area contributed by atoms with Gasteiger partial charge in [0.15, 0.2) is 0 Å². The fourth-order valence-electron chi connectivity index (χ4n) is 3.54. The molecule has 0 radical (unpaired) electrons. The van der Waals surface area contributed by atoms with Gasteiger partial charge in [-0.25, -0.2) is 0 Å². The van der Waals surface area contributed by atoms with Gasteiger partial charge < -0.3 is 10.2 Å². The van der Waals surface area contributed by atoms with Crippen molar-refractivity contribution in [2.75, 3.05) is 32.7 Å². The van der Waals surface area contributed by atoms with Crippen molar-refractivity contribution in [2.45, 2.75) is 45.2 Å². The summed E-state index contributed by atoms with van der Waals surface area (Å²) in [6.45, 7) is 4.04. The van der Waals surface area contributed by atoms with Crippen LogP contribution < -0.4 is 10.6 Å². The van der Waals surface area contributed by atoms with Crippen molar-refractivity contribution in [3.63, 3.8) is 0 Å². The first-order valence-electron chi connectivity index (χ1n) is 11.0. The van der Waals surface area contributed by atoms with E-state index < -0.39 is 46.5 Å². The van der Waals surface area contributed by atoms with Gasteiger partial charge in [-0.2, -0.15) is 39.5 Å². The Kier molecular flexibility index (Phi) is 9.51. The van der Waals surface area contributed by atoms with Gasteiger partial charge in [0, 0.05) is 30.6 Å². The summed E-state index contributed by atoms with van der Waals surface area (Å²) in [5, 5.41) is 5.14. The molecule has 1 aliphatic heterocycles. The number of hydrogen-bond acceptors (Lipinski definition) is 2. The van der Waals surface area contributed by atoms with E-state index in [1.165, 1.54) is 0 Å². The molecular formula is C22H27F9N3OP. The van der Waals surface area contributed by atoms with E-state index in [0.717, 1.165) is 13.8 Å². The van der Waals surface area contributed by atoms with E-state index in [9.17, 15) is 44.3 Å². The van der Waals surface area contributed by atoms with Crippen LogP contribution in [0.1, 0.15) is 48.2 Å². The minimum Gasteiger partial charge on any atom is -0.352 e. The first-order chi connectivity index (χ1) is 16.3. The highest BCUT2D eigenvalue weighted by Gasteiger charge is 2.49. The fraction of sp³-hybridized carbons (Fsp3) is 0.636. The maximum Gasteiger partial charge on any atom is 0.416 e. The molecule has 2 rings (SSSR count). The average Bonchev–Trinajstić information content (AvgIpc) is 2.76. The average molecular weight is 551 g/mol. The molecule has 1 amide bonds. The van der Waals surface area contributed by atoms with E-state index in [1.54, 1.807) is 0 Å². The first-order valence-corrected chi connectivity index (χ1v) is 11.5. The van der Waals surface area contributed by atoms with E-state index in [-0.39, 0.29) is 30.5 Å². The molecule has 1 fully saturated rings. The second-order valence-electron chi connectivity index (χ2n) is 9.21. The molecule has 0 spiro atoms. The Balaban J connectivity index is 1.85. The van der Waals surface area contributed by atoms with Crippen molar-refractivity contribution in [2.24, 2.45) is 11.3 Å². The number of nitrogens with zero attached hydrogens (tertiary/aromatic N) is 1. The van der Waals surface area contributed by atoms with E-state index in [1.807, 2.05) is 4.90 Å². The highest BCUT2D eigenvalue weighted by atomic mass is 31.0. The van der Waals surface area contributed by atoms with Crippen molar-refractivity contribution < 1.29 is 44.3 Å². The molecule has 0 atom stereocenters. The maximum absolute atomic E-state index is 13.1. The minimum atomic E-state index is -5.05. The molecule has 36 heavy (non-hydrogen) atoms. The van der Waals surface area contributed by atoms with Gasteiger partial charge in [0.2, 0.25) is 0 Å². The molecule has 14 heteroatoms. The molecule has 0 aliphatic carbocycles. The monoisotopic (exact) mass is 551 g/mol. The van der Waals surface area contributed by atoms with Crippen LogP contribution in [-0.4, -0.2) is 55.1 Å². The summed E-state index contributed by atoms with van der Waals surface area (Å²) in [6, 6.07) is 0.728. The third-order valence-corrected chi connectivity index (χ3v) is 6.97. The lowest BCUT2D eigenvalue weighted by molar-refractivity contribution is -0.186. The van der Waals surface area contributed by atoms with Crippen LogP contribution in [0.5, 0.6) is 0 Å². The second kappa shape index (κ2) is 11.3. The van der Waals surface area contributed by atoms with Gasteiger partial charge >= 0.3 is 18.5 Å². The molecule has 0 unspecified atom stereocenters. The molecule has 1 aliphatic rings. The number of likely N-dealkylation sites (tertiary alicyclic amines) is 1. The number of benzene rings is 1. The van der Waals surface area contributed by atoms with E-state index in [4.69, 9.17) is 0 Å². The van der Waals surface area contributed by atoms with E-state index in [2.05, 4.69) is 19.5 Å². The molecule has 1 heterocycles. The Hall–Kier alpha value is -1.85. The molecule has 0 aromatic heterocycles. The largest absolute Gasteiger partial charge is 0.416 e. The van der Waals surface area contributed by atoms with Crippen molar-refractivity contribution in [1.29, 1.82) is 0 Å². The molecular weight excluding hydrogens is 524 g/mol. The fourth-order valence-corrected chi connectivity index (χ4v) is 3.81. The zero-order chi connectivity index (χ0) is 27.5. The van der Waals surface area contributed by atoms with Gasteiger partial charge in [-0.05, 0) is 63.9 Å². The lowest BCUT2D eigenvalue weighted by Gasteiger charge is -2.33. The highest BCUT2D eigenvalue weighted by Crippen LogP contribution is 2.38. The zero-order valence-corrected chi connectivity index (χ0v) is 20.5. The molecule has 0 saturated carbocycles. The summed E-state index contributed by atoms with van der Waals surface area (Å²) in [5.41, 5.74) is -6.01. The Morgan fingerprint density at radius 3 is 1.86 bits per heavy atom. The van der Waals surface area contributed by atoms with Gasteiger partial charge in [-0.3, -0.25) is 10.1 Å². The molecule has 2 N–H and O–H groups in total. The summed E-state index contributed by atoms with van der Waals surface area (Å²) >= 11 is 0. The topological polar surface area (TPSA) is 44.4 Å². The Bertz CT molecular complexity index is 902. The van der Waals surface area contributed by atoms with Crippen LogP contribution in [0.2, 0.25) is 0 Å². The predicted octanol–water partition coefficient (Wildman–Crippen LogP) is 5.62. The number of hydrogen-bond donors (Lipinski definition) is 2. The lowest BCUT2D eigenvalue weighted by Crippen LogP contribution is -2.48. The number of carbonyl (C=O) groups excluding carboxylic acids is 1. The first kappa shape index (κ1) is 30.4. The number of halogens is 9. The predicted molar refractivity (Wildman–Crippen MR) is 119 cm³/mol. The van der Waals surface area contributed by atoms with Gasteiger partial charge in [-0.15, -0.1) is 8.86 Å². The third kappa shape index (κ3) is 8.08. The van der Waals surface area contributed by atoms with Crippen molar-refractivity contribution in [3.8, 4) is 0 Å². The van der Waals surface area contributed by atoms with E-state index in [0.29, 0.717) is 44.6 Å². The maximum atomic E-state index is 13.1. The van der Waals surface area contributed by atoms with Gasteiger partial charge in [0.05, 0.1) is 16.5 Å². The van der Waals surface area contributed by atoms with Crippen molar-refractivity contribution >= 4 is 20.2 Å². The third-order valence-electron chi connectivity index (χ3n) is 6.17. The Morgan fingerprint density at radius 2 is 1.42 bits per heavy atom. The SMILES string of the molecule is CC(C)(C(=P)NCCN1CCC(CNC(=O)c2cc(C(F)(F)F)cc(C(F)(F)F)c2)CC1)C(F)(F)F. The highest BCUT2D eigenvalue weighted by molar-refractivity contribution is 7.21. The molecule has 204 valence electrons. The summed E-state index contributed by atoms with van der Waals surface area (Å²) < 4.78 is 117. The normalized spacial score (nSPS) is 16.8. The van der Waals surface area contributed by atoms with Crippen LogP contribution >= 0.6 is 8.86 Å². The van der Waals surface area contributed by atoms with Crippen LogP contribution in [0, 0.1) is 11.3 Å². The Labute approximate surface area is 204 Å². The van der Waals surface area contributed by atoms with Gasteiger partial charge in [0.25, 0.3) is 5.91 Å². The smallest absolute Gasteiger partial charge is 0.352 e. The summed E-state index contributed by atoms with van der Waals surface area (Å²) in [6.07, 6.45) is -13.3. The van der Waals surface area contributed by atoms with Gasteiger partial charge in [-0.1, -0.05) is 0 Å². The second-order valence-corrected chi connectivity index (χ2v) is 9.71. The molecule has 1 saturated heterocycles. The molecule has 1 aromatic carbocycles. The number of piperidine rings is 1. The van der Waals surface area contributed by atoms with Crippen LogP contribution in [0.25, 0.3) is 0 Å². The lowest BCUT2D eigenvalue weighted by atomic mass is 9.92. The standard InChI is InChI=1S/C22H27F9N3OP/c1-19(2,22(29,30)31)18(36)32-5-8-34-6-3-13(4-7-34)12-33-17(35)14-9-15(20(23,24)25)11-16(10-14)21(26,27)28/h9-11,13,32,36H,3-8,12H2,1-2H3,(H,33,35). The number of rotatable bonds is 8. The van der Waals surface area contributed by atoms with Crippen LogP contribution in [0.3, 0.4) is 0 Å². The summed E-state index contributed by atoms with van der Waals surface area (Å²) in [4.78, 5) is 14.3. The zero-order valence-electron chi connectivity index (χ0n) is 19.5. The van der Waals surface area contributed by atoms with Crippen LogP contribution in [-0.2, 0) is 12.4 Å². The number of nitrogens with one attached hydrogen (secondary N) is 2. The molecule has 4 nitrogen and oxygen atoms in total.